The highest BCUT2D eigenvalue weighted by Gasteiger charge is 2.29. The van der Waals surface area contributed by atoms with Gasteiger partial charge in [-0.1, -0.05) is 36.7 Å². The van der Waals surface area contributed by atoms with Gasteiger partial charge in [0.05, 0.1) is 6.54 Å². The van der Waals surface area contributed by atoms with E-state index in [2.05, 4.69) is 5.32 Å². The Morgan fingerprint density at radius 3 is 2.52 bits per heavy atom. The third-order valence-corrected chi connectivity index (χ3v) is 3.51. The van der Waals surface area contributed by atoms with Crippen molar-refractivity contribution in [2.75, 3.05) is 26.7 Å². The summed E-state index contributed by atoms with van der Waals surface area (Å²) in [5.74, 6) is 0. The van der Waals surface area contributed by atoms with Gasteiger partial charge in [0.1, 0.15) is 0 Å². The number of alkyl halides is 3. The largest absolute Gasteiger partial charge is 0.401 e. The van der Waals surface area contributed by atoms with E-state index in [4.69, 9.17) is 11.6 Å². The van der Waals surface area contributed by atoms with Crippen LogP contribution in [0.1, 0.15) is 31.4 Å². The Balaban J connectivity index is 2.65. The van der Waals surface area contributed by atoms with Gasteiger partial charge in [-0.2, -0.15) is 13.2 Å². The summed E-state index contributed by atoms with van der Waals surface area (Å²) in [4.78, 5) is 1.29. The van der Waals surface area contributed by atoms with Crippen molar-refractivity contribution in [1.29, 1.82) is 0 Å². The molecule has 1 rings (SSSR count). The number of benzene rings is 1. The van der Waals surface area contributed by atoms with Gasteiger partial charge in [0, 0.05) is 11.1 Å². The van der Waals surface area contributed by atoms with Crippen molar-refractivity contribution in [3.05, 3.63) is 34.9 Å². The lowest BCUT2D eigenvalue weighted by atomic mass is 10.0. The Bertz CT molecular complexity index is 424. The zero-order valence-electron chi connectivity index (χ0n) is 12.4. The van der Waals surface area contributed by atoms with E-state index in [0.29, 0.717) is 18.0 Å². The normalized spacial score (nSPS) is 13.7. The number of nitrogens with one attached hydrogen (secondary N) is 1. The molecule has 120 valence electrons. The number of nitrogens with zero attached hydrogens (tertiary/aromatic N) is 1. The first-order chi connectivity index (χ1) is 9.83. The zero-order valence-corrected chi connectivity index (χ0v) is 13.1. The van der Waals surface area contributed by atoms with E-state index in [0.717, 1.165) is 18.5 Å². The highest BCUT2D eigenvalue weighted by Crippen LogP contribution is 2.25. The highest BCUT2D eigenvalue weighted by atomic mass is 35.5. The Morgan fingerprint density at radius 2 is 1.95 bits per heavy atom. The summed E-state index contributed by atoms with van der Waals surface area (Å²) in [6, 6.07) is 7.42. The smallest absolute Gasteiger partial charge is 0.310 e. The van der Waals surface area contributed by atoms with Crippen molar-refractivity contribution in [2.24, 2.45) is 0 Å². The summed E-state index contributed by atoms with van der Waals surface area (Å²) in [5.41, 5.74) is 0.938. The summed E-state index contributed by atoms with van der Waals surface area (Å²) in [6.45, 7) is 2.31. The average molecular weight is 323 g/mol. The fraction of sp³-hybridized carbons (Fsp3) is 0.600. The molecule has 21 heavy (non-hydrogen) atoms. The fourth-order valence-electron chi connectivity index (χ4n) is 2.18. The second-order valence-electron chi connectivity index (χ2n) is 5.17. The van der Waals surface area contributed by atoms with E-state index >= 15 is 0 Å². The second kappa shape index (κ2) is 8.61. The van der Waals surface area contributed by atoms with Crippen LogP contribution in [-0.2, 0) is 0 Å². The van der Waals surface area contributed by atoms with Crippen molar-refractivity contribution >= 4 is 11.6 Å². The molecule has 1 unspecified atom stereocenters. The molecule has 0 bridgehead atoms. The maximum Gasteiger partial charge on any atom is 0.401 e. The summed E-state index contributed by atoms with van der Waals surface area (Å²) < 4.78 is 37.0. The van der Waals surface area contributed by atoms with Crippen LogP contribution in [0, 0.1) is 0 Å². The molecule has 6 heteroatoms. The van der Waals surface area contributed by atoms with Crippen molar-refractivity contribution in [3.8, 4) is 0 Å². The van der Waals surface area contributed by atoms with Gasteiger partial charge in [-0.3, -0.25) is 4.90 Å². The minimum atomic E-state index is -4.16. The van der Waals surface area contributed by atoms with Gasteiger partial charge in [-0.05, 0) is 44.6 Å². The molecule has 0 aromatic heterocycles. The van der Waals surface area contributed by atoms with Gasteiger partial charge >= 0.3 is 6.18 Å². The van der Waals surface area contributed by atoms with Crippen LogP contribution in [0.4, 0.5) is 13.2 Å². The standard InChI is InChI=1S/C15H22ClF3N2/c1-3-9-20-14(12-6-4-5-7-13(12)16)8-10-21(2)11-15(17,18)19/h4-7,14,20H,3,8-11H2,1-2H3. The van der Waals surface area contributed by atoms with Crippen molar-refractivity contribution in [3.63, 3.8) is 0 Å². The Kier molecular flexibility index (Phi) is 7.49. The molecule has 0 saturated carbocycles. The SMILES string of the molecule is CCCNC(CCN(C)CC(F)(F)F)c1ccccc1Cl. The molecule has 1 aromatic rings. The molecule has 0 amide bonds. The molecule has 0 radical (unpaired) electrons. The molecular formula is C15H22ClF3N2. The fourth-order valence-corrected chi connectivity index (χ4v) is 2.45. The van der Waals surface area contributed by atoms with Crippen LogP contribution in [-0.4, -0.2) is 37.8 Å². The molecule has 0 saturated heterocycles. The quantitative estimate of drug-likeness (QED) is 0.769. The van der Waals surface area contributed by atoms with E-state index in [1.54, 1.807) is 6.07 Å². The van der Waals surface area contributed by atoms with Gasteiger partial charge < -0.3 is 5.32 Å². The average Bonchev–Trinajstić information content (AvgIpc) is 2.38. The van der Waals surface area contributed by atoms with E-state index in [1.807, 2.05) is 25.1 Å². The Labute approximate surface area is 129 Å². The van der Waals surface area contributed by atoms with Gasteiger partial charge in [0.25, 0.3) is 0 Å². The predicted octanol–water partition coefficient (Wildman–Crippen LogP) is 4.26. The van der Waals surface area contributed by atoms with E-state index in [-0.39, 0.29) is 6.04 Å². The first-order valence-electron chi connectivity index (χ1n) is 7.06. The summed E-state index contributed by atoms with van der Waals surface area (Å²) >= 11 is 6.19. The number of hydrogen-bond acceptors (Lipinski definition) is 2. The lowest BCUT2D eigenvalue weighted by Crippen LogP contribution is -2.34. The molecule has 1 aromatic carbocycles. The molecule has 0 fully saturated rings. The van der Waals surface area contributed by atoms with E-state index < -0.39 is 12.7 Å². The Morgan fingerprint density at radius 1 is 1.29 bits per heavy atom. The van der Waals surface area contributed by atoms with Gasteiger partial charge in [-0.15, -0.1) is 0 Å². The molecule has 2 nitrogen and oxygen atoms in total. The van der Waals surface area contributed by atoms with Gasteiger partial charge in [0.2, 0.25) is 0 Å². The van der Waals surface area contributed by atoms with Crippen molar-refractivity contribution in [1.82, 2.24) is 10.2 Å². The van der Waals surface area contributed by atoms with Crippen LogP contribution in [0.25, 0.3) is 0 Å². The highest BCUT2D eigenvalue weighted by molar-refractivity contribution is 6.31. The minimum Gasteiger partial charge on any atom is -0.310 e. The van der Waals surface area contributed by atoms with E-state index in [9.17, 15) is 13.2 Å². The molecule has 1 N–H and O–H groups in total. The molecule has 1 atom stereocenters. The van der Waals surface area contributed by atoms with Crippen LogP contribution < -0.4 is 5.32 Å². The predicted molar refractivity (Wildman–Crippen MR) is 80.7 cm³/mol. The Hall–Kier alpha value is -0.780. The first-order valence-corrected chi connectivity index (χ1v) is 7.44. The van der Waals surface area contributed by atoms with Crippen LogP contribution >= 0.6 is 11.6 Å². The summed E-state index contributed by atoms with van der Waals surface area (Å²) in [7, 11) is 1.48. The maximum atomic E-state index is 12.3. The second-order valence-corrected chi connectivity index (χ2v) is 5.58. The van der Waals surface area contributed by atoms with E-state index in [1.165, 1.54) is 11.9 Å². The number of halogens is 4. The summed E-state index contributed by atoms with van der Waals surface area (Å²) in [5, 5.41) is 4.00. The molecule has 0 spiro atoms. The van der Waals surface area contributed by atoms with Crippen LogP contribution in [0.3, 0.4) is 0 Å². The lowest BCUT2D eigenvalue weighted by Gasteiger charge is -2.24. The molecular weight excluding hydrogens is 301 g/mol. The van der Waals surface area contributed by atoms with Crippen LogP contribution in [0.15, 0.2) is 24.3 Å². The molecule has 0 aliphatic rings. The molecule has 0 aliphatic carbocycles. The molecule has 0 heterocycles. The topological polar surface area (TPSA) is 15.3 Å². The lowest BCUT2D eigenvalue weighted by molar-refractivity contribution is -0.143. The van der Waals surface area contributed by atoms with Gasteiger partial charge in [0.15, 0.2) is 0 Å². The summed E-state index contributed by atoms with van der Waals surface area (Å²) in [6.07, 6.45) is -2.62. The van der Waals surface area contributed by atoms with Crippen LogP contribution in [0.2, 0.25) is 5.02 Å². The van der Waals surface area contributed by atoms with Gasteiger partial charge in [-0.25, -0.2) is 0 Å². The maximum absolute atomic E-state index is 12.3. The number of hydrogen-bond donors (Lipinski definition) is 1. The minimum absolute atomic E-state index is 0.0330. The van der Waals surface area contributed by atoms with Crippen molar-refractivity contribution < 1.29 is 13.2 Å². The third kappa shape index (κ3) is 7.16. The number of rotatable bonds is 8. The first kappa shape index (κ1) is 18.3. The van der Waals surface area contributed by atoms with Crippen LogP contribution in [0.5, 0.6) is 0 Å². The zero-order chi connectivity index (χ0) is 15.9. The van der Waals surface area contributed by atoms with Crippen molar-refractivity contribution in [2.45, 2.75) is 32.0 Å². The third-order valence-electron chi connectivity index (χ3n) is 3.17. The monoisotopic (exact) mass is 322 g/mol. The molecule has 0 aliphatic heterocycles.